The minimum atomic E-state index is -1.42. The zero-order valence-corrected chi connectivity index (χ0v) is 17.2. The van der Waals surface area contributed by atoms with Crippen LogP contribution in [0.3, 0.4) is 0 Å². The molecule has 0 saturated carbocycles. The molecule has 0 aliphatic heterocycles. The van der Waals surface area contributed by atoms with Gasteiger partial charge in [0.05, 0.1) is 0 Å². The molecule has 0 amide bonds. The van der Waals surface area contributed by atoms with Crippen molar-refractivity contribution in [2.75, 3.05) is 0 Å². The summed E-state index contributed by atoms with van der Waals surface area (Å²) >= 11 is -1.42. The largest absolute Gasteiger partial charge is 0.147 e. The van der Waals surface area contributed by atoms with Gasteiger partial charge < -0.3 is 0 Å². The Kier molecular flexibility index (Phi) is 6.56. The first-order valence-electron chi connectivity index (χ1n) is 8.18. The van der Waals surface area contributed by atoms with Crippen LogP contribution in [0.5, 0.6) is 0 Å². The maximum atomic E-state index is 2.44. The second kappa shape index (κ2) is 8.06. The topological polar surface area (TPSA) is 0 Å². The van der Waals surface area contributed by atoms with E-state index in [4.69, 9.17) is 0 Å². The molecule has 0 aromatic heterocycles. The number of hydrogen-bond acceptors (Lipinski definition) is 0. The summed E-state index contributed by atoms with van der Waals surface area (Å²) in [7, 11) is 0. The number of benzene rings is 2. The zero-order valence-electron chi connectivity index (χ0n) is 14.0. The molecule has 2 aliphatic rings. The average Bonchev–Trinajstić information content (AvgIpc) is 3.16. The van der Waals surface area contributed by atoms with Crippen LogP contribution >= 0.6 is 24.8 Å². The van der Waals surface area contributed by atoms with Crippen LogP contribution in [0.1, 0.15) is 35.6 Å². The van der Waals surface area contributed by atoms with Crippen LogP contribution in [0.25, 0.3) is 11.1 Å². The maximum absolute atomic E-state index is 2.44. The molecule has 4 rings (SSSR count). The van der Waals surface area contributed by atoms with Gasteiger partial charge in [0, 0.05) is 0 Å². The maximum Gasteiger partial charge on any atom is -0.147 e. The molecule has 0 unspecified atom stereocenters. The predicted octanol–water partition coefficient (Wildman–Crippen LogP) is 6.89. The smallest absolute Gasteiger partial charge is 0.147 e. The standard InChI is InChI=1S/C13H9.C5H5.C3H7.2ClH.Ti/c1-3-7-12-10(5-1)9-11-6-2-4-8-13(11)12;1-2-4-5-3-1;1-3-2;;;/h1-9H;1-3H,4H2;3H,1-2H3;2*1H;. The van der Waals surface area contributed by atoms with Gasteiger partial charge in [-0.2, -0.15) is 0 Å². The minimum Gasteiger partial charge on any atom is -0.147 e. The number of rotatable bonds is 3. The van der Waals surface area contributed by atoms with Crippen LogP contribution in [0.15, 0.2) is 70.6 Å². The molecule has 2 aromatic carbocycles. The van der Waals surface area contributed by atoms with Crippen LogP contribution in [-0.2, 0) is 17.9 Å². The number of fused-ring (bicyclic) bond motifs is 3. The summed E-state index contributed by atoms with van der Waals surface area (Å²) < 4.78 is 3.22. The minimum absolute atomic E-state index is 0. The van der Waals surface area contributed by atoms with Gasteiger partial charge in [0.25, 0.3) is 0 Å². The number of hydrogen-bond donors (Lipinski definition) is 0. The Morgan fingerprint density at radius 2 is 1.42 bits per heavy atom. The molecule has 24 heavy (non-hydrogen) atoms. The van der Waals surface area contributed by atoms with Crippen molar-refractivity contribution in [1.29, 1.82) is 0 Å². The molecule has 2 aromatic rings. The third kappa shape index (κ3) is 3.18. The molecular formula is C21H23Cl2Ti. The van der Waals surface area contributed by atoms with E-state index >= 15 is 0 Å². The van der Waals surface area contributed by atoms with E-state index in [0.717, 1.165) is 4.22 Å². The number of halogens is 2. The Hall–Kier alpha value is -0.786. The molecule has 0 heterocycles. The van der Waals surface area contributed by atoms with E-state index < -0.39 is 17.9 Å². The summed E-state index contributed by atoms with van der Waals surface area (Å²) in [5.41, 5.74) is 6.11. The molecule has 125 valence electrons. The average molecular weight is 394 g/mol. The number of allylic oxidation sites excluding steroid dienone is 4. The summed E-state index contributed by atoms with van der Waals surface area (Å²) in [6, 6.07) is 18.2. The SMILES string of the molecule is C[CH](C)[Ti]([C]1=CC=CC1)[CH]1c2ccccc2-c2ccccc21.Cl.Cl. The summed E-state index contributed by atoms with van der Waals surface area (Å²) in [6.45, 7) is 4.88. The van der Waals surface area contributed by atoms with Gasteiger partial charge >= 0.3 is 139 Å². The fourth-order valence-electron chi connectivity index (χ4n) is 4.04. The van der Waals surface area contributed by atoms with Crippen LogP contribution in [0.2, 0.25) is 4.22 Å². The molecule has 0 spiro atoms. The van der Waals surface area contributed by atoms with Crippen LogP contribution in [-0.4, -0.2) is 0 Å². The fraction of sp³-hybridized carbons (Fsp3) is 0.238. The Morgan fingerprint density at radius 3 is 1.88 bits per heavy atom. The van der Waals surface area contributed by atoms with Crippen molar-refractivity contribution in [1.82, 2.24) is 0 Å². The molecule has 0 atom stereocenters. The molecule has 2 aliphatic carbocycles. The van der Waals surface area contributed by atoms with Gasteiger partial charge in [-0.25, -0.2) is 0 Å². The van der Waals surface area contributed by atoms with Gasteiger partial charge in [-0.1, -0.05) is 0 Å². The predicted molar refractivity (Wildman–Crippen MR) is 105 cm³/mol. The molecule has 0 N–H and O–H groups in total. The van der Waals surface area contributed by atoms with Crippen LogP contribution in [0.4, 0.5) is 0 Å². The first-order chi connectivity index (χ1) is 10.8. The van der Waals surface area contributed by atoms with Crippen molar-refractivity contribution >= 4 is 24.8 Å². The second-order valence-corrected chi connectivity index (χ2v) is 11.7. The molecule has 3 heteroatoms. The van der Waals surface area contributed by atoms with Crippen molar-refractivity contribution in [3.05, 3.63) is 81.8 Å². The quantitative estimate of drug-likeness (QED) is 0.498. The van der Waals surface area contributed by atoms with E-state index in [1.165, 1.54) is 17.5 Å². The summed E-state index contributed by atoms with van der Waals surface area (Å²) in [6.07, 6.45) is 8.20. The normalized spacial score (nSPS) is 14.5. The fourth-order valence-corrected chi connectivity index (χ4v) is 9.66. The first-order valence-corrected chi connectivity index (χ1v) is 10.8. The van der Waals surface area contributed by atoms with Crippen LogP contribution in [0, 0.1) is 0 Å². The van der Waals surface area contributed by atoms with E-state index in [9.17, 15) is 0 Å². The van der Waals surface area contributed by atoms with Crippen molar-refractivity contribution < 1.29 is 17.9 Å². The third-order valence-corrected chi connectivity index (χ3v) is 10.5. The van der Waals surface area contributed by atoms with Crippen molar-refractivity contribution in [2.24, 2.45) is 0 Å². The van der Waals surface area contributed by atoms with Gasteiger partial charge in [0.2, 0.25) is 0 Å². The van der Waals surface area contributed by atoms with E-state index in [2.05, 4.69) is 80.6 Å². The van der Waals surface area contributed by atoms with Gasteiger partial charge in [-0.05, 0) is 0 Å². The van der Waals surface area contributed by atoms with Crippen molar-refractivity contribution in [3.8, 4) is 11.1 Å². The van der Waals surface area contributed by atoms with E-state index in [1.807, 2.05) is 0 Å². The summed E-state index contributed by atoms with van der Waals surface area (Å²) in [5, 5.41) is 0. The molecule has 0 nitrogen and oxygen atoms in total. The Bertz CT molecular complexity index is 731. The monoisotopic (exact) mass is 393 g/mol. The first kappa shape index (κ1) is 19.5. The van der Waals surface area contributed by atoms with E-state index in [1.54, 1.807) is 15.0 Å². The third-order valence-electron chi connectivity index (χ3n) is 4.91. The molecular weight excluding hydrogens is 371 g/mol. The molecule has 0 saturated heterocycles. The summed E-state index contributed by atoms with van der Waals surface area (Å²) in [5.74, 6) is 0. The van der Waals surface area contributed by atoms with Gasteiger partial charge in [0.15, 0.2) is 0 Å². The second-order valence-electron chi connectivity index (χ2n) is 6.54. The summed E-state index contributed by atoms with van der Waals surface area (Å²) in [4.78, 5) is 0. The Balaban J connectivity index is 0.00000104. The van der Waals surface area contributed by atoms with Gasteiger partial charge in [-0.15, -0.1) is 24.8 Å². The van der Waals surface area contributed by atoms with Crippen LogP contribution < -0.4 is 0 Å². The van der Waals surface area contributed by atoms with Crippen molar-refractivity contribution in [3.63, 3.8) is 0 Å². The molecule has 0 fully saturated rings. The zero-order chi connectivity index (χ0) is 15.1. The molecule has 0 bridgehead atoms. The van der Waals surface area contributed by atoms with Crippen molar-refractivity contribution in [2.45, 2.75) is 28.7 Å². The van der Waals surface area contributed by atoms with E-state index in [0.29, 0.717) is 4.22 Å². The Morgan fingerprint density at radius 1 is 0.875 bits per heavy atom. The van der Waals surface area contributed by atoms with Gasteiger partial charge in [-0.3, -0.25) is 0 Å². The molecule has 0 radical (unpaired) electrons. The van der Waals surface area contributed by atoms with E-state index in [-0.39, 0.29) is 24.8 Å². The van der Waals surface area contributed by atoms with Gasteiger partial charge in [0.1, 0.15) is 0 Å². The Labute approximate surface area is 163 Å².